The zero-order chi connectivity index (χ0) is 23.4. The lowest BCUT2D eigenvalue weighted by atomic mass is 10.00. The molecule has 1 heterocycles. The van der Waals surface area contributed by atoms with Crippen LogP contribution in [0.3, 0.4) is 0 Å². The Kier molecular flexibility index (Phi) is 6.77. The highest BCUT2D eigenvalue weighted by Gasteiger charge is 2.15. The van der Waals surface area contributed by atoms with Gasteiger partial charge in [0, 0.05) is 35.0 Å². The molecule has 4 aromatic rings. The topological polar surface area (TPSA) is 69.0 Å². The Labute approximate surface area is 198 Å². The Morgan fingerprint density at radius 1 is 0.879 bits per heavy atom. The lowest BCUT2D eigenvalue weighted by molar-refractivity contribution is 0.551. The summed E-state index contributed by atoms with van der Waals surface area (Å²) in [6, 6.07) is 25.4. The number of sulfone groups is 1. The summed E-state index contributed by atoms with van der Waals surface area (Å²) >= 11 is 6.04. The van der Waals surface area contributed by atoms with Gasteiger partial charge in [-0.2, -0.15) is 5.10 Å². The Balaban J connectivity index is 1.73. The molecule has 0 aliphatic carbocycles. The van der Waals surface area contributed by atoms with E-state index in [0.717, 1.165) is 24.0 Å². The highest BCUT2D eigenvalue weighted by Crippen LogP contribution is 2.30. The summed E-state index contributed by atoms with van der Waals surface area (Å²) in [6.45, 7) is 0.475. The van der Waals surface area contributed by atoms with Crippen molar-refractivity contribution in [1.82, 2.24) is 9.78 Å². The number of hydrogen-bond donors (Lipinski definition) is 0. The van der Waals surface area contributed by atoms with Gasteiger partial charge in [0.2, 0.25) is 0 Å². The van der Waals surface area contributed by atoms with Crippen molar-refractivity contribution in [2.75, 3.05) is 6.26 Å². The predicted molar refractivity (Wildman–Crippen MR) is 132 cm³/mol. The SMILES string of the molecule is CS(=O)(=O)c1ccc(-c2nn(CCCc3ccccc3)c(=O)cc2-c2ccc(Cl)cc2)cc1. The molecule has 0 saturated carbocycles. The quantitative estimate of drug-likeness (QED) is 0.363. The lowest BCUT2D eigenvalue weighted by Gasteiger charge is -2.13. The van der Waals surface area contributed by atoms with Crippen LogP contribution in [0.1, 0.15) is 12.0 Å². The summed E-state index contributed by atoms with van der Waals surface area (Å²) in [5, 5.41) is 5.28. The van der Waals surface area contributed by atoms with Crippen molar-refractivity contribution in [1.29, 1.82) is 0 Å². The molecule has 0 amide bonds. The number of benzene rings is 3. The van der Waals surface area contributed by atoms with Crippen molar-refractivity contribution in [3.05, 3.63) is 106 Å². The van der Waals surface area contributed by atoms with Crippen LogP contribution in [-0.4, -0.2) is 24.5 Å². The van der Waals surface area contributed by atoms with Gasteiger partial charge in [0.05, 0.1) is 10.6 Å². The van der Waals surface area contributed by atoms with Gasteiger partial charge in [-0.25, -0.2) is 13.1 Å². The van der Waals surface area contributed by atoms with Crippen molar-refractivity contribution < 1.29 is 8.42 Å². The average Bonchev–Trinajstić information content (AvgIpc) is 2.81. The van der Waals surface area contributed by atoms with E-state index in [1.165, 1.54) is 16.5 Å². The summed E-state index contributed by atoms with van der Waals surface area (Å²) < 4.78 is 25.2. The molecule has 0 bridgehead atoms. The van der Waals surface area contributed by atoms with E-state index in [1.807, 2.05) is 30.3 Å². The number of rotatable bonds is 7. The van der Waals surface area contributed by atoms with Gasteiger partial charge in [-0.05, 0) is 48.2 Å². The first-order chi connectivity index (χ1) is 15.8. The molecule has 0 aliphatic heterocycles. The summed E-state index contributed by atoms with van der Waals surface area (Å²) in [5.41, 5.74) is 3.83. The van der Waals surface area contributed by atoms with Gasteiger partial charge in [0.25, 0.3) is 5.56 Å². The Morgan fingerprint density at radius 3 is 2.15 bits per heavy atom. The summed E-state index contributed by atoms with van der Waals surface area (Å²) in [6.07, 6.45) is 2.78. The molecule has 0 fully saturated rings. The first-order valence-electron chi connectivity index (χ1n) is 10.5. The zero-order valence-electron chi connectivity index (χ0n) is 18.1. The van der Waals surface area contributed by atoms with Gasteiger partial charge in [-0.1, -0.05) is 66.2 Å². The minimum absolute atomic E-state index is 0.190. The second-order valence-corrected chi connectivity index (χ2v) is 10.3. The molecule has 0 aliphatic rings. The second-order valence-electron chi connectivity index (χ2n) is 7.86. The first-order valence-corrected chi connectivity index (χ1v) is 12.8. The molecule has 0 atom stereocenters. The van der Waals surface area contributed by atoms with Crippen LogP contribution in [0.25, 0.3) is 22.4 Å². The molecule has 168 valence electrons. The molecule has 33 heavy (non-hydrogen) atoms. The molecule has 0 saturated heterocycles. The van der Waals surface area contributed by atoms with Crippen molar-refractivity contribution >= 4 is 21.4 Å². The predicted octanol–water partition coefficient (Wildman–Crippen LogP) is 5.27. The second kappa shape index (κ2) is 9.73. The van der Waals surface area contributed by atoms with E-state index in [0.29, 0.717) is 22.8 Å². The molecule has 0 spiro atoms. The van der Waals surface area contributed by atoms with Crippen LogP contribution in [0.4, 0.5) is 0 Å². The largest absolute Gasteiger partial charge is 0.268 e. The Hall–Kier alpha value is -3.22. The van der Waals surface area contributed by atoms with Crippen LogP contribution in [0.2, 0.25) is 5.02 Å². The summed E-state index contributed by atoms with van der Waals surface area (Å²) in [5.74, 6) is 0. The maximum Gasteiger partial charge on any atom is 0.267 e. The fraction of sp³-hybridized carbons (Fsp3) is 0.154. The van der Waals surface area contributed by atoms with Crippen molar-refractivity contribution in [3.63, 3.8) is 0 Å². The standard InChI is InChI=1S/C26H23ClN2O3S/c1-33(31,32)23-15-11-21(12-16-23)26-24(20-9-13-22(27)14-10-20)18-25(30)29(28-26)17-5-8-19-6-3-2-4-7-19/h2-4,6-7,9-16,18H,5,8,17H2,1H3. The molecule has 0 unspecified atom stereocenters. The minimum Gasteiger partial charge on any atom is -0.268 e. The van der Waals surface area contributed by atoms with Crippen LogP contribution in [0.15, 0.2) is 94.6 Å². The van der Waals surface area contributed by atoms with E-state index < -0.39 is 9.84 Å². The van der Waals surface area contributed by atoms with Gasteiger partial charge in [-0.15, -0.1) is 0 Å². The van der Waals surface area contributed by atoms with Crippen LogP contribution < -0.4 is 5.56 Å². The highest BCUT2D eigenvalue weighted by atomic mass is 35.5. The van der Waals surface area contributed by atoms with E-state index in [1.54, 1.807) is 42.5 Å². The molecule has 0 radical (unpaired) electrons. The Bertz CT molecular complexity index is 1410. The van der Waals surface area contributed by atoms with Gasteiger partial charge in [0.15, 0.2) is 9.84 Å². The van der Waals surface area contributed by atoms with Gasteiger partial charge < -0.3 is 0 Å². The van der Waals surface area contributed by atoms with Crippen molar-refractivity contribution in [2.24, 2.45) is 0 Å². The van der Waals surface area contributed by atoms with Crippen molar-refractivity contribution in [2.45, 2.75) is 24.3 Å². The molecular formula is C26H23ClN2O3S. The monoisotopic (exact) mass is 478 g/mol. The summed E-state index contributed by atoms with van der Waals surface area (Å²) in [7, 11) is -3.31. The van der Waals surface area contributed by atoms with E-state index in [2.05, 4.69) is 17.2 Å². The number of aryl methyl sites for hydroxylation is 2. The number of aromatic nitrogens is 2. The van der Waals surface area contributed by atoms with Crippen LogP contribution in [-0.2, 0) is 22.8 Å². The molecule has 3 aromatic carbocycles. The molecular weight excluding hydrogens is 456 g/mol. The third kappa shape index (κ3) is 5.59. The van der Waals surface area contributed by atoms with Crippen LogP contribution in [0.5, 0.6) is 0 Å². The van der Waals surface area contributed by atoms with Gasteiger partial charge in [0.1, 0.15) is 0 Å². The maximum atomic E-state index is 12.9. The van der Waals surface area contributed by atoms with Crippen LogP contribution >= 0.6 is 11.6 Å². The van der Waals surface area contributed by atoms with E-state index in [9.17, 15) is 13.2 Å². The normalized spacial score (nSPS) is 11.5. The fourth-order valence-corrected chi connectivity index (χ4v) is 4.41. The van der Waals surface area contributed by atoms with Gasteiger partial charge in [-0.3, -0.25) is 4.79 Å². The smallest absolute Gasteiger partial charge is 0.267 e. The van der Waals surface area contributed by atoms with Gasteiger partial charge >= 0.3 is 0 Å². The minimum atomic E-state index is -3.31. The molecule has 7 heteroatoms. The number of nitrogens with zero attached hydrogens (tertiary/aromatic N) is 2. The number of halogens is 1. The third-order valence-electron chi connectivity index (χ3n) is 5.39. The third-order valence-corrected chi connectivity index (χ3v) is 6.77. The number of hydrogen-bond acceptors (Lipinski definition) is 4. The maximum absolute atomic E-state index is 12.9. The fourth-order valence-electron chi connectivity index (χ4n) is 3.65. The van der Waals surface area contributed by atoms with Crippen molar-refractivity contribution in [3.8, 4) is 22.4 Å². The first kappa shape index (κ1) is 23.0. The lowest BCUT2D eigenvalue weighted by Crippen LogP contribution is -2.23. The highest BCUT2D eigenvalue weighted by molar-refractivity contribution is 7.90. The Morgan fingerprint density at radius 2 is 1.52 bits per heavy atom. The molecule has 4 rings (SSSR count). The van der Waals surface area contributed by atoms with E-state index >= 15 is 0 Å². The van der Waals surface area contributed by atoms with E-state index in [-0.39, 0.29) is 10.5 Å². The summed E-state index contributed by atoms with van der Waals surface area (Å²) in [4.78, 5) is 13.1. The van der Waals surface area contributed by atoms with Crippen LogP contribution in [0, 0.1) is 0 Å². The molecule has 1 aromatic heterocycles. The molecule has 5 nitrogen and oxygen atoms in total. The average molecular weight is 479 g/mol. The molecule has 0 N–H and O–H groups in total. The van der Waals surface area contributed by atoms with E-state index in [4.69, 9.17) is 11.6 Å². The zero-order valence-corrected chi connectivity index (χ0v) is 19.7.